The van der Waals surface area contributed by atoms with Gasteiger partial charge in [-0.15, -0.1) is 12.3 Å². The lowest BCUT2D eigenvalue weighted by Crippen LogP contribution is -2.12. The Morgan fingerprint density at radius 3 is 3.00 bits per heavy atom. The lowest BCUT2D eigenvalue weighted by molar-refractivity contribution is 0.273. The summed E-state index contributed by atoms with van der Waals surface area (Å²) in [6.45, 7) is 0.216. The summed E-state index contributed by atoms with van der Waals surface area (Å²) in [5.74, 6) is 3.24. The predicted octanol–water partition coefficient (Wildman–Crippen LogP) is -0.191. The molecule has 4 N–H and O–H groups in total. The van der Waals surface area contributed by atoms with Gasteiger partial charge in [-0.1, -0.05) is 11.8 Å². The highest BCUT2D eigenvalue weighted by Crippen LogP contribution is 2.21. The maximum atomic E-state index is 11.7. The molecular weight excluding hydrogens is 266 g/mol. The first kappa shape index (κ1) is 13.5. The van der Waals surface area contributed by atoms with Crippen LogP contribution in [0.4, 0.5) is 5.95 Å². The minimum atomic E-state index is -0.391. The van der Waals surface area contributed by atoms with Crippen molar-refractivity contribution in [1.29, 1.82) is 0 Å². The molecule has 100 valence electrons. The predicted molar refractivity (Wildman–Crippen MR) is 73.8 cm³/mol. The van der Waals surface area contributed by atoms with E-state index in [0.29, 0.717) is 29.5 Å². The van der Waals surface area contributed by atoms with Crippen LogP contribution >= 0.6 is 11.8 Å². The molecule has 7 nitrogen and oxygen atoms in total. The minimum Gasteiger partial charge on any atom is -0.395 e. The van der Waals surface area contributed by atoms with Crippen molar-refractivity contribution in [2.45, 2.75) is 18.1 Å². The van der Waals surface area contributed by atoms with Crippen molar-refractivity contribution >= 4 is 28.9 Å². The van der Waals surface area contributed by atoms with Crippen LogP contribution in [-0.4, -0.2) is 37.0 Å². The number of nitrogens with two attached hydrogens (primary N) is 1. The molecule has 2 aromatic heterocycles. The van der Waals surface area contributed by atoms with Crippen molar-refractivity contribution in [2.24, 2.45) is 0 Å². The summed E-state index contributed by atoms with van der Waals surface area (Å²) in [6, 6.07) is 0. The number of terminal acetylenes is 1. The van der Waals surface area contributed by atoms with Crippen molar-refractivity contribution < 1.29 is 5.11 Å². The average molecular weight is 279 g/mol. The number of fused-ring (bicyclic) bond motifs is 1. The third-order valence-electron chi connectivity index (χ3n) is 2.39. The smallest absolute Gasteiger partial charge is 0.280 e. The molecule has 2 aromatic rings. The Morgan fingerprint density at radius 1 is 1.53 bits per heavy atom. The van der Waals surface area contributed by atoms with Crippen molar-refractivity contribution in [1.82, 2.24) is 19.5 Å². The van der Waals surface area contributed by atoms with E-state index >= 15 is 0 Å². The quantitative estimate of drug-likeness (QED) is 0.397. The molecular formula is C11H13N5O2S. The molecule has 0 spiro atoms. The van der Waals surface area contributed by atoms with E-state index in [1.54, 1.807) is 4.57 Å². The van der Waals surface area contributed by atoms with E-state index in [1.807, 2.05) is 0 Å². The van der Waals surface area contributed by atoms with Crippen molar-refractivity contribution in [3.8, 4) is 12.3 Å². The summed E-state index contributed by atoms with van der Waals surface area (Å²) in [6.07, 6.45) is 5.79. The van der Waals surface area contributed by atoms with E-state index in [4.69, 9.17) is 17.3 Å². The third-order valence-corrected chi connectivity index (χ3v) is 3.37. The van der Waals surface area contributed by atoms with Crippen molar-refractivity contribution in [3.63, 3.8) is 0 Å². The van der Waals surface area contributed by atoms with Crippen LogP contribution in [0.1, 0.15) is 6.42 Å². The van der Waals surface area contributed by atoms with Gasteiger partial charge in [0.15, 0.2) is 16.3 Å². The first-order chi connectivity index (χ1) is 9.17. The van der Waals surface area contributed by atoms with Gasteiger partial charge in [0.05, 0.1) is 6.61 Å². The van der Waals surface area contributed by atoms with E-state index in [9.17, 15) is 4.79 Å². The van der Waals surface area contributed by atoms with Crippen LogP contribution in [0.5, 0.6) is 0 Å². The SMILES string of the molecule is C#CCCSc1nc2c(=O)[nH]c(N)nc2n1CCO. The van der Waals surface area contributed by atoms with E-state index in [-0.39, 0.29) is 18.1 Å². The highest BCUT2D eigenvalue weighted by molar-refractivity contribution is 7.99. The summed E-state index contributed by atoms with van der Waals surface area (Å²) in [4.78, 5) is 22.4. The van der Waals surface area contributed by atoms with E-state index in [0.717, 1.165) is 0 Å². The number of aliphatic hydroxyl groups excluding tert-OH is 1. The number of nitrogens with zero attached hydrogens (tertiary/aromatic N) is 3. The Hall–Kier alpha value is -1.98. The van der Waals surface area contributed by atoms with Gasteiger partial charge in [-0.25, -0.2) is 4.98 Å². The largest absolute Gasteiger partial charge is 0.395 e. The average Bonchev–Trinajstić information content (AvgIpc) is 2.70. The van der Waals surface area contributed by atoms with E-state index in [2.05, 4.69) is 20.9 Å². The van der Waals surface area contributed by atoms with Crippen LogP contribution in [0.25, 0.3) is 11.2 Å². The molecule has 0 aliphatic rings. The molecule has 0 fully saturated rings. The van der Waals surface area contributed by atoms with Gasteiger partial charge in [-0.2, -0.15) is 4.98 Å². The summed E-state index contributed by atoms with van der Waals surface area (Å²) in [5.41, 5.74) is 5.71. The van der Waals surface area contributed by atoms with Gasteiger partial charge >= 0.3 is 0 Å². The highest BCUT2D eigenvalue weighted by atomic mass is 32.2. The van der Waals surface area contributed by atoms with Gasteiger partial charge in [0, 0.05) is 18.7 Å². The second-order valence-corrected chi connectivity index (χ2v) is 4.76. The van der Waals surface area contributed by atoms with Crippen LogP contribution in [-0.2, 0) is 6.54 Å². The molecule has 0 saturated heterocycles. The van der Waals surface area contributed by atoms with Crippen LogP contribution in [0.2, 0.25) is 0 Å². The Balaban J connectivity index is 2.51. The number of aromatic nitrogens is 4. The zero-order valence-electron chi connectivity index (χ0n) is 10.1. The number of nitrogens with one attached hydrogen (secondary N) is 1. The zero-order valence-corrected chi connectivity index (χ0v) is 10.9. The number of aliphatic hydroxyl groups is 1. The summed E-state index contributed by atoms with van der Waals surface area (Å²) >= 11 is 1.42. The maximum absolute atomic E-state index is 11.7. The number of hydrogen-bond donors (Lipinski definition) is 3. The maximum Gasteiger partial charge on any atom is 0.280 e. The fourth-order valence-corrected chi connectivity index (χ4v) is 2.51. The fraction of sp³-hybridized carbons (Fsp3) is 0.364. The van der Waals surface area contributed by atoms with Gasteiger partial charge in [0.25, 0.3) is 5.56 Å². The number of H-pyrrole nitrogens is 1. The minimum absolute atomic E-state index is 0.0248. The zero-order chi connectivity index (χ0) is 13.8. The summed E-state index contributed by atoms with van der Waals surface area (Å²) in [5, 5.41) is 9.70. The van der Waals surface area contributed by atoms with Gasteiger partial charge in [0.1, 0.15) is 0 Å². The lowest BCUT2D eigenvalue weighted by atomic mass is 10.5. The molecule has 0 amide bonds. The van der Waals surface area contributed by atoms with Crippen molar-refractivity contribution in [3.05, 3.63) is 10.4 Å². The number of aromatic amines is 1. The Morgan fingerprint density at radius 2 is 2.32 bits per heavy atom. The number of anilines is 1. The van der Waals surface area contributed by atoms with Gasteiger partial charge in [0.2, 0.25) is 5.95 Å². The number of nitrogen functional groups attached to an aromatic ring is 1. The summed E-state index contributed by atoms with van der Waals surface area (Å²) < 4.78 is 1.67. The molecule has 0 saturated carbocycles. The Labute approximate surface area is 113 Å². The molecule has 2 heterocycles. The number of hydrogen-bond acceptors (Lipinski definition) is 6. The molecule has 0 radical (unpaired) electrons. The van der Waals surface area contributed by atoms with Crippen LogP contribution in [0.3, 0.4) is 0 Å². The van der Waals surface area contributed by atoms with Gasteiger partial charge in [-0.05, 0) is 0 Å². The van der Waals surface area contributed by atoms with Crippen molar-refractivity contribution in [2.75, 3.05) is 18.1 Å². The first-order valence-electron chi connectivity index (χ1n) is 5.60. The van der Waals surface area contributed by atoms with E-state index < -0.39 is 5.56 Å². The van der Waals surface area contributed by atoms with Crippen LogP contribution in [0.15, 0.2) is 9.95 Å². The number of imidazole rings is 1. The fourth-order valence-electron chi connectivity index (χ4n) is 1.62. The molecule has 0 aliphatic heterocycles. The second-order valence-electron chi connectivity index (χ2n) is 3.70. The molecule has 0 bridgehead atoms. The highest BCUT2D eigenvalue weighted by Gasteiger charge is 2.15. The standard InChI is InChI=1S/C11H13N5O2S/c1-2-3-6-19-11-13-7-8(16(11)4-5-17)14-10(12)15-9(7)18/h1,17H,3-6H2,(H3,12,14,15,18). The topological polar surface area (TPSA) is 110 Å². The second kappa shape index (κ2) is 5.77. The normalized spacial score (nSPS) is 10.7. The summed E-state index contributed by atoms with van der Waals surface area (Å²) in [7, 11) is 0. The molecule has 19 heavy (non-hydrogen) atoms. The molecule has 0 atom stereocenters. The van der Waals surface area contributed by atoms with Crippen LogP contribution < -0.4 is 11.3 Å². The number of rotatable bonds is 5. The first-order valence-corrected chi connectivity index (χ1v) is 6.59. The molecule has 0 aliphatic carbocycles. The van der Waals surface area contributed by atoms with E-state index in [1.165, 1.54) is 11.8 Å². The van der Waals surface area contributed by atoms with Gasteiger partial charge < -0.3 is 15.4 Å². The molecule has 8 heteroatoms. The molecule has 0 unspecified atom stereocenters. The monoisotopic (exact) mass is 279 g/mol. The molecule has 0 aromatic carbocycles. The Bertz CT molecular complexity index is 685. The Kier molecular flexibility index (Phi) is 4.09. The molecule has 2 rings (SSSR count). The van der Waals surface area contributed by atoms with Gasteiger partial charge in [-0.3, -0.25) is 9.78 Å². The third kappa shape index (κ3) is 2.72. The number of thioether (sulfide) groups is 1. The van der Waals surface area contributed by atoms with Crippen LogP contribution in [0, 0.1) is 12.3 Å². The lowest BCUT2D eigenvalue weighted by Gasteiger charge is -2.05.